The largest absolute Gasteiger partial charge is 0.444 e. The number of nitrogens with zero attached hydrogens (tertiary/aromatic N) is 1. The van der Waals surface area contributed by atoms with Crippen LogP contribution in [-0.4, -0.2) is 56.0 Å². The standard InChI is InChI=1S/C23H31N3O6S/c1-23(2,3)32-22(28)25-18-12-15-26(16-13-18)33(29,30)20-10-9-19(31-20)21(27)24-14-11-17-7-5-4-6-8-17/h4-10,18H,11-16H2,1-3H3,(H,24,27)(H,25,28). The molecule has 0 spiro atoms. The van der Waals surface area contributed by atoms with Gasteiger partial charge in [-0.2, -0.15) is 4.31 Å². The number of amides is 2. The number of ether oxygens (including phenoxy) is 1. The summed E-state index contributed by atoms with van der Waals surface area (Å²) in [5.41, 5.74) is 0.490. The van der Waals surface area contributed by atoms with Crippen LogP contribution in [0.4, 0.5) is 4.79 Å². The van der Waals surface area contributed by atoms with Crippen LogP contribution in [0.3, 0.4) is 0 Å². The highest BCUT2D eigenvalue weighted by atomic mass is 32.2. The highest BCUT2D eigenvalue weighted by Crippen LogP contribution is 2.23. The summed E-state index contributed by atoms with van der Waals surface area (Å²) < 4.78 is 37.8. The van der Waals surface area contributed by atoms with Crippen LogP contribution in [0.5, 0.6) is 0 Å². The SMILES string of the molecule is CC(C)(C)OC(=O)NC1CCN(S(=O)(=O)c2ccc(C(=O)NCCc3ccccc3)o2)CC1. The third-order valence-corrected chi connectivity index (χ3v) is 6.89. The smallest absolute Gasteiger partial charge is 0.407 e. The van der Waals surface area contributed by atoms with Crippen LogP contribution in [0.25, 0.3) is 0 Å². The molecule has 0 atom stereocenters. The topological polar surface area (TPSA) is 118 Å². The molecular formula is C23H31N3O6S. The Morgan fingerprint density at radius 1 is 1.09 bits per heavy atom. The first kappa shape index (κ1) is 24.8. The van der Waals surface area contributed by atoms with Gasteiger partial charge < -0.3 is 19.8 Å². The number of carbonyl (C=O) groups excluding carboxylic acids is 2. The number of hydrogen-bond donors (Lipinski definition) is 2. The second-order valence-electron chi connectivity index (χ2n) is 8.93. The molecule has 2 heterocycles. The summed E-state index contributed by atoms with van der Waals surface area (Å²) in [6.07, 6.45) is 1.04. The third kappa shape index (κ3) is 7.06. The first-order valence-electron chi connectivity index (χ1n) is 11.0. The molecule has 9 nitrogen and oxygen atoms in total. The lowest BCUT2D eigenvalue weighted by Gasteiger charge is -2.31. The molecule has 0 unspecified atom stereocenters. The van der Waals surface area contributed by atoms with Crippen molar-refractivity contribution in [3.63, 3.8) is 0 Å². The Bertz CT molecular complexity index is 1050. The molecule has 1 saturated heterocycles. The number of rotatable bonds is 7. The minimum atomic E-state index is -3.88. The highest BCUT2D eigenvalue weighted by molar-refractivity contribution is 7.89. The van der Waals surface area contributed by atoms with Crippen molar-refractivity contribution >= 4 is 22.0 Å². The van der Waals surface area contributed by atoms with Crippen molar-refractivity contribution in [2.24, 2.45) is 0 Å². The lowest BCUT2D eigenvalue weighted by atomic mass is 10.1. The molecule has 0 bridgehead atoms. The Hall–Kier alpha value is -2.85. The van der Waals surface area contributed by atoms with Gasteiger partial charge in [-0.3, -0.25) is 4.79 Å². The summed E-state index contributed by atoms with van der Waals surface area (Å²) in [6, 6.07) is 12.2. The molecule has 3 rings (SSSR count). The van der Waals surface area contributed by atoms with Crippen LogP contribution < -0.4 is 10.6 Å². The van der Waals surface area contributed by atoms with Crippen molar-refractivity contribution in [1.82, 2.24) is 14.9 Å². The molecule has 2 aromatic rings. The van der Waals surface area contributed by atoms with Gasteiger partial charge in [0.1, 0.15) is 5.60 Å². The van der Waals surface area contributed by atoms with Crippen LogP contribution in [0.1, 0.15) is 49.7 Å². The van der Waals surface area contributed by atoms with E-state index in [1.165, 1.54) is 16.4 Å². The summed E-state index contributed by atoms with van der Waals surface area (Å²) in [4.78, 5) is 24.3. The lowest BCUT2D eigenvalue weighted by molar-refractivity contribution is 0.0489. The van der Waals surface area contributed by atoms with Crippen molar-refractivity contribution in [3.05, 3.63) is 53.8 Å². The summed E-state index contributed by atoms with van der Waals surface area (Å²) in [7, 11) is -3.88. The van der Waals surface area contributed by atoms with Crippen molar-refractivity contribution in [2.45, 2.75) is 56.8 Å². The fraction of sp³-hybridized carbons (Fsp3) is 0.478. The zero-order chi connectivity index (χ0) is 24.1. The van der Waals surface area contributed by atoms with Gasteiger partial charge in [0.2, 0.25) is 5.09 Å². The minimum Gasteiger partial charge on any atom is -0.444 e. The second-order valence-corrected chi connectivity index (χ2v) is 10.8. The van der Waals surface area contributed by atoms with Gasteiger partial charge in [0.05, 0.1) is 0 Å². The zero-order valence-corrected chi connectivity index (χ0v) is 20.0. The number of carbonyl (C=O) groups is 2. The van der Waals surface area contributed by atoms with Gasteiger partial charge in [0.25, 0.3) is 15.9 Å². The first-order chi connectivity index (χ1) is 15.5. The molecule has 1 fully saturated rings. The first-order valence-corrected chi connectivity index (χ1v) is 12.4. The summed E-state index contributed by atoms with van der Waals surface area (Å²) in [6.45, 7) is 6.20. The predicted octanol–water partition coefficient (Wildman–Crippen LogP) is 2.93. The van der Waals surface area contributed by atoms with Crippen molar-refractivity contribution < 1.29 is 27.2 Å². The molecule has 0 aliphatic carbocycles. The fourth-order valence-electron chi connectivity index (χ4n) is 3.47. The molecular weight excluding hydrogens is 446 g/mol. The van der Waals surface area contributed by atoms with Crippen LogP contribution in [0.2, 0.25) is 0 Å². The lowest BCUT2D eigenvalue weighted by Crippen LogP contribution is -2.47. The van der Waals surface area contributed by atoms with Gasteiger partial charge in [-0.05, 0) is 57.7 Å². The monoisotopic (exact) mass is 477 g/mol. The number of furan rings is 1. The van der Waals surface area contributed by atoms with Crippen LogP contribution in [-0.2, 0) is 21.2 Å². The summed E-state index contributed by atoms with van der Waals surface area (Å²) >= 11 is 0. The molecule has 1 aromatic heterocycles. The number of sulfonamides is 1. The van der Waals surface area contributed by atoms with Gasteiger partial charge in [0, 0.05) is 25.7 Å². The van der Waals surface area contributed by atoms with Gasteiger partial charge in [-0.15, -0.1) is 0 Å². The highest BCUT2D eigenvalue weighted by Gasteiger charge is 2.33. The van der Waals surface area contributed by atoms with Gasteiger partial charge in [-0.25, -0.2) is 13.2 Å². The minimum absolute atomic E-state index is 0.0527. The predicted molar refractivity (Wildman–Crippen MR) is 122 cm³/mol. The molecule has 0 radical (unpaired) electrons. The van der Waals surface area contributed by atoms with E-state index in [2.05, 4.69) is 10.6 Å². The Morgan fingerprint density at radius 3 is 2.39 bits per heavy atom. The number of alkyl carbamates (subject to hydrolysis) is 1. The van der Waals surface area contributed by atoms with Gasteiger partial charge >= 0.3 is 6.09 Å². The van der Waals surface area contributed by atoms with Crippen molar-refractivity contribution in [3.8, 4) is 0 Å². The second kappa shape index (κ2) is 10.4. The summed E-state index contributed by atoms with van der Waals surface area (Å²) in [5.74, 6) is -0.518. The zero-order valence-electron chi connectivity index (χ0n) is 19.2. The maximum absolute atomic E-state index is 12.9. The van der Waals surface area contributed by atoms with Crippen molar-refractivity contribution in [2.75, 3.05) is 19.6 Å². The van der Waals surface area contributed by atoms with Crippen LogP contribution in [0.15, 0.2) is 52.0 Å². The molecule has 2 N–H and O–H groups in total. The van der Waals surface area contributed by atoms with Crippen molar-refractivity contribution in [1.29, 1.82) is 0 Å². The average molecular weight is 478 g/mol. The Morgan fingerprint density at radius 2 is 1.76 bits per heavy atom. The van der Waals surface area contributed by atoms with Crippen LogP contribution in [0, 0.1) is 0 Å². The number of hydrogen-bond acceptors (Lipinski definition) is 6. The molecule has 1 aromatic carbocycles. The van der Waals surface area contributed by atoms with Crippen LogP contribution >= 0.6 is 0 Å². The van der Waals surface area contributed by atoms with E-state index in [1.807, 2.05) is 30.3 Å². The number of piperidine rings is 1. The molecule has 2 amide bonds. The molecule has 1 aliphatic rings. The Kier molecular flexibility index (Phi) is 7.80. The van der Waals surface area contributed by atoms with E-state index in [9.17, 15) is 18.0 Å². The van der Waals surface area contributed by atoms with Gasteiger partial charge in [-0.1, -0.05) is 30.3 Å². The number of benzene rings is 1. The van der Waals surface area contributed by atoms with E-state index >= 15 is 0 Å². The number of nitrogens with one attached hydrogen (secondary N) is 2. The molecule has 10 heteroatoms. The van der Waals surface area contributed by atoms with E-state index in [4.69, 9.17) is 9.15 Å². The maximum atomic E-state index is 12.9. The molecule has 33 heavy (non-hydrogen) atoms. The van der Waals surface area contributed by atoms with Gasteiger partial charge in [0.15, 0.2) is 5.76 Å². The average Bonchev–Trinajstić information content (AvgIpc) is 3.25. The van der Waals surface area contributed by atoms with E-state index in [-0.39, 0.29) is 30.0 Å². The molecule has 0 saturated carbocycles. The molecule has 180 valence electrons. The third-order valence-electron chi connectivity index (χ3n) is 5.12. The normalized spacial score (nSPS) is 15.7. The van der Waals surface area contributed by atoms with E-state index in [0.717, 1.165) is 5.56 Å². The van der Waals surface area contributed by atoms with E-state index < -0.39 is 27.6 Å². The molecule has 1 aliphatic heterocycles. The maximum Gasteiger partial charge on any atom is 0.407 e. The summed E-state index contributed by atoms with van der Waals surface area (Å²) in [5, 5.41) is 5.25. The Labute approximate surface area is 194 Å². The van der Waals surface area contributed by atoms with E-state index in [0.29, 0.717) is 25.8 Å². The van der Waals surface area contributed by atoms with E-state index in [1.54, 1.807) is 20.8 Å². The Balaban J connectivity index is 1.51. The fourth-order valence-corrected chi connectivity index (χ4v) is 4.86. The quantitative estimate of drug-likeness (QED) is 0.633.